The Labute approximate surface area is 180 Å². The van der Waals surface area contributed by atoms with Crippen molar-refractivity contribution in [2.75, 3.05) is 26.3 Å². The van der Waals surface area contributed by atoms with Crippen molar-refractivity contribution < 1.29 is 23.8 Å². The van der Waals surface area contributed by atoms with Crippen LogP contribution in [0.15, 0.2) is 47.1 Å². The topological polar surface area (TPSA) is 115 Å². The summed E-state index contributed by atoms with van der Waals surface area (Å²) in [4.78, 5) is 27.4. The molecule has 1 aromatic rings. The Hall–Kier alpha value is -3.31. The Morgan fingerprint density at radius 3 is 2.68 bits per heavy atom. The summed E-state index contributed by atoms with van der Waals surface area (Å²) in [6, 6.07) is 9.02. The molecule has 162 valence electrons. The third kappa shape index (κ3) is 4.01. The molecule has 2 N–H and O–H groups in total. The highest BCUT2D eigenvalue weighted by Gasteiger charge is 2.44. The average molecular weight is 423 g/mol. The molecule has 8 heteroatoms. The molecule has 2 aliphatic heterocycles. The van der Waals surface area contributed by atoms with E-state index in [9.17, 15) is 14.9 Å². The lowest BCUT2D eigenvalue weighted by molar-refractivity contribution is -0.119. The lowest BCUT2D eigenvalue weighted by atomic mass is 9.70. The van der Waals surface area contributed by atoms with Crippen LogP contribution in [0, 0.1) is 16.7 Å². The van der Waals surface area contributed by atoms with Crippen molar-refractivity contribution in [3.63, 3.8) is 0 Å². The maximum absolute atomic E-state index is 13.1. The van der Waals surface area contributed by atoms with Gasteiger partial charge in [-0.3, -0.25) is 4.79 Å². The molecular formula is C23H25N3O5. The minimum absolute atomic E-state index is 0.0222. The monoisotopic (exact) mass is 423 g/mol. The van der Waals surface area contributed by atoms with Crippen LogP contribution in [0.4, 0.5) is 4.79 Å². The summed E-state index contributed by atoms with van der Waals surface area (Å²) in [5, 5.41) is 9.82. The van der Waals surface area contributed by atoms with Gasteiger partial charge in [-0.2, -0.15) is 5.26 Å². The highest BCUT2D eigenvalue weighted by atomic mass is 16.6. The van der Waals surface area contributed by atoms with Gasteiger partial charge in [-0.05, 0) is 11.5 Å². The lowest BCUT2D eigenvalue weighted by Crippen LogP contribution is -2.42. The fraction of sp³-hybridized carbons (Fsp3) is 0.435. The molecule has 4 rings (SSSR count). The van der Waals surface area contributed by atoms with Gasteiger partial charge in [-0.15, -0.1) is 0 Å². The van der Waals surface area contributed by atoms with Gasteiger partial charge in [0.2, 0.25) is 5.88 Å². The molecule has 0 saturated carbocycles. The Balaban J connectivity index is 1.75. The standard InChI is InChI=1S/C23H25N3O5/c1-23(2)11-16(27)20-18(12-23)30-21(25)15(13-24)19(20)14-5-3-4-6-17(14)31-22(28)26-7-9-29-10-8-26/h3-6,19H,7-12,25H2,1-2H3/t19-/m0/s1. The number of nitrogens with two attached hydrogens (primary N) is 1. The minimum atomic E-state index is -0.744. The summed E-state index contributed by atoms with van der Waals surface area (Å²) in [7, 11) is 0. The van der Waals surface area contributed by atoms with E-state index < -0.39 is 12.0 Å². The number of nitriles is 1. The van der Waals surface area contributed by atoms with Crippen LogP contribution in [-0.2, 0) is 14.3 Å². The zero-order valence-electron chi connectivity index (χ0n) is 17.6. The lowest BCUT2D eigenvalue weighted by Gasteiger charge is -2.37. The van der Waals surface area contributed by atoms with E-state index in [-0.39, 0.29) is 28.4 Å². The first-order chi connectivity index (χ1) is 14.8. The van der Waals surface area contributed by atoms with Crippen molar-refractivity contribution in [2.45, 2.75) is 32.6 Å². The predicted molar refractivity (Wildman–Crippen MR) is 111 cm³/mol. The fourth-order valence-electron chi connectivity index (χ4n) is 4.31. The first-order valence-electron chi connectivity index (χ1n) is 10.3. The third-order valence-electron chi connectivity index (χ3n) is 5.77. The van der Waals surface area contributed by atoms with E-state index in [2.05, 4.69) is 6.07 Å². The van der Waals surface area contributed by atoms with E-state index in [1.54, 1.807) is 29.2 Å². The highest BCUT2D eigenvalue weighted by Crippen LogP contribution is 2.49. The van der Waals surface area contributed by atoms with Crippen LogP contribution in [0.2, 0.25) is 0 Å². The summed E-state index contributed by atoms with van der Waals surface area (Å²) >= 11 is 0. The van der Waals surface area contributed by atoms with Crippen molar-refractivity contribution in [3.05, 3.63) is 52.6 Å². The van der Waals surface area contributed by atoms with Gasteiger partial charge in [0.05, 0.1) is 19.1 Å². The second kappa shape index (κ2) is 8.08. The molecule has 0 bridgehead atoms. The number of allylic oxidation sites excluding steroid dienone is 3. The Morgan fingerprint density at radius 1 is 1.26 bits per heavy atom. The molecular weight excluding hydrogens is 398 g/mol. The number of ketones is 1. The molecule has 0 aromatic heterocycles. The number of amides is 1. The summed E-state index contributed by atoms with van der Waals surface area (Å²) in [5.74, 6) is -0.0871. The van der Waals surface area contributed by atoms with Crippen LogP contribution in [0.25, 0.3) is 0 Å². The number of nitrogens with zero attached hydrogens (tertiary/aromatic N) is 2. The Kier molecular flexibility index (Phi) is 5.46. The van der Waals surface area contributed by atoms with Crippen LogP contribution < -0.4 is 10.5 Å². The van der Waals surface area contributed by atoms with E-state index in [4.69, 9.17) is 19.9 Å². The number of benzene rings is 1. The molecule has 1 amide bonds. The Bertz CT molecular complexity index is 1030. The molecule has 1 fully saturated rings. The zero-order chi connectivity index (χ0) is 22.2. The normalized spacial score (nSPS) is 23.1. The molecule has 1 atom stereocenters. The largest absolute Gasteiger partial charge is 0.444 e. The summed E-state index contributed by atoms with van der Waals surface area (Å²) in [5.41, 5.74) is 6.91. The summed E-state index contributed by atoms with van der Waals surface area (Å²) in [6.45, 7) is 5.77. The highest BCUT2D eigenvalue weighted by molar-refractivity contribution is 6.00. The van der Waals surface area contributed by atoms with E-state index in [0.717, 1.165) is 0 Å². The zero-order valence-corrected chi connectivity index (χ0v) is 17.6. The fourth-order valence-corrected chi connectivity index (χ4v) is 4.31. The molecule has 3 aliphatic rings. The minimum Gasteiger partial charge on any atom is -0.444 e. The number of rotatable bonds is 2. The van der Waals surface area contributed by atoms with Gasteiger partial charge in [0.25, 0.3) is 0 Å². The van der Waals surface area contributed by atoms with Crippen LogP contribution >= 0.6 is 0 Å². The Morgan fingerprint density at radius 2 is 1.97 bits per heavy atom. The molecule has 0 radical (unpaired) electrons. The molecule has 31 heavy (non-hydrogen) atoms. The number of hydrogen-bond acceptors (Lipinski definition) is 7. The SMILES string of the molecule is CC1(C)CC(=O)C2=C(C1)OC(N)=C(C#N)[C@@H]2c1ccccc1OC(=O)N1CCOCC1. The van der Waals surface area contributed by atoms with Gasteiger partial charge in [0, 0.05) is 37.1 Å². The quantitative estimate of drug-likeness (QED) is 0.777. The average Bonchev–Trinajstić information content (AvgIpc) is 2.73. The van der Waals surface area contributed by atoms with Crippen molar-refractivity contribution in [1.29, 1.82) is 5.26 Å². The molecule has 2 heterocycles. The van der Waals surface area contributed by atoms with Gasteiger partial charge in [-0.25, -0.2) is 4.79 Å². The van der Waals surface area contributed by atoms with Crippen LogP contribution in [0.1, 0.15) is 38.2 Å². The molecule has 0 unspecified atom stereocenters. The summed E-state index contributed by atoms with van der Waals surface area (Å²) < 4.78 is 16.7. The smallest absolute Gasteiger partial charge is 0.415 e. The second-order valence-corrected chi connectivity index (χ2v) is 8.71. The van der Waals surface area contributed by atoms with Crippen LogP contribution in [-0.4, -0.2) is 43.1 Å². The number of carbonyl (C=O) groups excluding carboxylic acids is 2. The molecule has 0 spiro atoms. The van der Waals surface area contributed by atoms with E-state index >= 15 is 0 Å². The van der Waals surface area contributed by atoms with Crippen molar-refractivity contribution in [1.82, 2.24) is 4.90 Å². The van der Waals surface area contributed by atoms with Crippen molar-refractivity contribution >= 4 is 11.9 Å². The molecule has 1 aromatic carbocycles. The number of ether oxygens (including phenoxy) is 3. The molecule has 8 nitrogen and oxygen atoms in total. The maximum Gasteiger partial charge on any atom is 0.415 e. The van der Waals surface area contributed by atoms with E-state index in [1.165, 1.54) is 0 Å². The van der Waals surface area contributed by atoms with Gasteiger partial charge in [-0.1, -0.05) is 32.0 Å². The second-order valence-electron chi connectivity index (χ2n) is 8.71. The molecule has 1 saturated heterocycles. The van der Waals surface area contributed by atoms with Gasteiger partial charge < -0.3 is 24.8 Å². The first-order valence-corrected chi connectivity index (χ1v) is 10.3. The van der Waals surface area contributed by atoms with Gasteiger partial charge >= 0.3 is 6.09 Å². The van der Waals surface area contributed by atoms with Crippen LogP contribution in [0.3, 0.4) is 0 Å². The predicted octanol–water partition coefficient (Wildman–Crippen LogP) is 2.97. The number of para-hydroxylation sites is 1. The number of hydrogen-bond donors (Lipinski definition) is 1. The van der Waals surface area contributed by atoms with Gasteiger partial charge in [0.15, 0.2) is 5.78 Å². The van der Waals surface area contributed by atoms with Gasteiger partial charge in [0.1, 0.15) is 23.2 Å². The summed E-state index contributed by atoms with van der Waals surface area (Å²) in [6.07, 6.45) is 0.364. The third-order valence-corrected chi connectivity index (χ3v) is 5.77. The van der Waals surface area contributed by atoms with Crippen LogP contribution in [0.5, 0.6) is 5.75 Å². The number of morpholine rings is 1. The van der Waals surface area contributed by atoms with E-state index in [0.29, 0.717) is 56.0 Å². The molecule has 1 aliphatic carbocycles. The maximum atomic E-state index is 13.1. The first kappa shape index (κ1) is 20.9. The number of carbonyl (C=O) groups is 2. The number of Topliss-reactive ketones (excluding diaryl/α,β-unsaturated/α-hetero) is 1. The van der Waals surface area contributed by atoms with Crippen molar-refractivity contribution in [3.8, 4) is 11.8 Å². The van der Waals surface area contributed by atoms with Crippen molar-refractivity contribution in [2.24, 2.45) is 11.1 Å². The van der Waals surface area contributed by atoms with E-state index in [1.807, 2.05) is 13.8 Å².